The van der Waals surface area contributed by atoms with E-state index in [0.717, 1.165) is 24.3 Å². The molecule has 0 spiro atoms. The van der Waals surface area contributed by atoms with Crippen molar-refractivity contribution in [3.8, 4) is 57.5 Å². The van der Waals surface area contributed by atoms with Crippen LogP contribution in [0.3, 0.4) is 0 Å². The van der Waals surface area contributed by atoms with Gasteiger partial charge in [-0.15, -0.1) is 0 Å². The molecule has 0 amide bonds. The van der Waals surface area contributed by atoms with Crippen LogP contribution in [0.1, 0.15) is 57.5 Å². The maximum Gasteiger partial charge on any atom is 2.00 e. The second-order valence-electron chi connectivity index (χ2n) is 12.5. The van der Waals surface area contributed by atoms with Gasteiger partial charge in [0.15, 0.2) is 34.6 Å². The van der Waals surface area contributed by atoms with Crippen LogP contribution in [0.4, 0.5) is 0 Å². The van der Waals surface area contributed by atoms with Crippen molar-refractivity contribution < 1.29 is 85.1 Å². The van der Waals surface area contributed by atoms with Gasteiger partial charge in [0.1, 0.15) is 45.6 Å². The molecule has 316 valence electrons. The molecule has 0 fully saturated rings. The second kappa shape index (κ2) is 23.2. The van der Waals surface area contributed by atoms with Gasteiger partial charge >= 0.3 is 37.7 Å². The number of carbonyl (C=O) groups excluding carboxylic acids is 2. The van der Waals surface area contributed by atoms with Gasteiger partial charge in [-0.05, 0) is 61.1 Å². The van der Waals surface area contributed by atoms with Crippen molar-refractivity contribution in [2.75, 3.05) is 38.9 Å². The van der Waals surface area contributed by atoms with E-state index in [1.807, 2.05) is 0 Å². The van der Waals surface area contributed by atoms with E-state index in [2.05, 4.69) is 0 Å². The van der Waals surface area contributed by atoms with Crippen LogP contribution in [0.5, 0.6) is 57.5 Å². The Bertz CT molecular complexity index is 2090. The molecule has 21 heteroatoms. The smallest absolute Gasteiger partial charge is 0.748 e. The van der Waals surface area contributed by atoms with Crippen LogP contribution in [0, 0.1) is 0 Å². The number of Topliss-reactive ketones (excluding diaryl/α,β-unsaturated/α-hetero) is 2. The van der Waals surface area contributed by atoms with Crippen molar-refractivity contribution in [3.63, 3.8) is 0 Å². The standard InChI is InChI=1S/2C19H22O9S.Ca/c2*1-27-18-6-4-12(9-15(18)21)3-5-14(20)19-16(22)10-13(11-17(19)23)28-7-2-8-29(24,25)26;/h2*4,6,9-11,21-23H,2-3,5,7-8H2,1H3,(H,24,25,26);/q;;+2/p-2. The van der Waals surface area contributed by atoms with E-state index in [0.29, 0.717) is 22.6 Å². The molecule has 0 aliphatic rings. The zero-order valence-electron chi connectivity index (χ0n) is 32.0. The predicted molar refractivity (Wildman–Crippen MR) is 209 cm³/mol. The van der Waals surface area contributed by atoms with Gasteiger partial charge in [-0.25, -0.2) is 16.8 Å². The van der Waals surface area contributed by atoms with Gasteiger partial charge in [0.25, 0.3) is 0 Å². The first kappa shape index (κ1) is 50.4. The van der Waals surface area contributed by atoms with E-state index in [9.17, 15) is 66.2 Å². The number of rotatable bonds is 20. The Balaban J connectivity index is 0.000000400. The molecule has 59 heavy (non-hydrogen) atoms. The summed E-state index contributed by atoms with van der Waals surface area (Å²) in [5, 5.41) is 59.8. The van der Waals surface area contributed by atoms with Crippen molar-refractivity contribution in [2.24, 2.45) is 0 Å². The minimum atomic E-state index is -4.34. The first-order valence-electron chi connectivity index (χ1n) is 17.2. The minimum Gasteiger partial charge on any atom is -0.748 e. The number of ether oxygens (including phenoxy) is 4. The van der Waals surface area contributed by atoms with Crippen molar-refractivity contribution >= 4 is 69.5 Å². The Morgan fingerprint density at radius 2 is 0.864 bits per heavy atom. The monoisotopic (exact) mass is 890 g/mol. The summed E-state index contributed by atoms with van der Waals surface area (Å²) >= 11 is 0. The third-order valence-electron chi connectivity index (χ3n) is 8.08. The number of ketones is 2. The van der Waals surface area contributed by atoms with Crippen LogP contribution in [-0.4, -0.2) is 145 Å². The summed E-state index contributed by atoms with van der Waals surface area (Å²) in [6.07, 6.45) is 0.350. The number of hydrogen-bond acceptors (Lipinski definition) is 18. The molecule has 0 radical (unpaired) electrons. The number of methoxy groups -OCH3 is 2. The molecule has 4 aromatic rings. The van der Waals surface area contributed by atoms with Gasteiger partial charge < -0.3 is 58.7 Å². The number of aromatic hydroxyl groups is 6. The fourth-order valence-corrected chi connectivity index (χ4v) is 6.25. The Kier molecular flexibility index (Phi) is 19.8. The van der Waals surface area contributed by atoms with Crippen LogP contribution in [-0.2, 0) is 33.1 Å². The molecular formula is C38H42CaO18S2. The van der Waals surface area contributed by atoms with E-state index >= 15 is 0 Å². The average molecular weight is 891 g/mol. The predicted octanol–water partition coefficient (Wildman–Crippen LogP) is 3.50. The third kappa shape index (κ3) is 16.8. The Labute approximate surface area is 370 Å². The molecule has 0 saturated heterocycles. The van der Waals surface area contributed by atoms with E-state index < -0.39 is 66.3 Å². The first-order valence-corrected chi connectivity index (χ1v) is 20.4. The molecular weight excluding hydrogens is 849 g/mol. The zero-order chi connectivity index (χ0) is 43.2. The second-order valence-corrected chi connectivity index (χ2v) is 15.5. The minimum absolute atomic E-state index is 0. The van der Waals surface area contributed by atoms with E-state index in [-0.39, 0.29) is 124 Å². The van der Waals surface area contributed by atoms with E-state index in [1.165, 1.54) is 26.4 Å². The van der Waals surface area contributed by atoms with Gasteiger partial charge in [0.2, 0.25) is 0 Å². The molecule has 6 N–H and O–H groups in total. The summed E-state index contributed by atoms with van der Waals surface area (Å²) in [4.78, 5) is 24.8. The maximum atomic E-state index is 12.4. The SMILES string of the molecule is COc1ccc(CCC(=O)c2c(O)cc(OCCCS(=O)(=O)[O-])cc2O)cc1O.COc1ccc(CCC(=O)c2c(O)cc(OCCCS(=O)(=O)[O-])cc2O)cc1O.[Ca+2]. The van der Waals surface area contributed by atoms with Gasteiger partial charge in [-0.1, -0.05) is 12.1 Å². The molecule has 4 rings (SSSR count). The molecule has 0 atom stereocenters. The van der Waals surface area contributed by atoms with Gasteiger partial charge in [-0.2, -0.15) is 0 Å². The quantitative estimate of drug-likeness (QED) is 0.0320. The number of aryl methyl sites for hydroxylation is 2. The molecule has 0 unspecified atom stereocenters. The van der Waals surface area contributed by atoms with Gasteiger partial charge in [0.05, 0.1) is 47.7 Å². The molecule has 0 aromatic heterocycles. The topological polar surface area (TPSA) is 307 Å². The molecule has 0 saturated carbocycles. The Morgan fingerprint density at radius 1 is 0.542 bits per heavy atom. The zero-order valence-corrected chi connectivity index (χ0v) is 35.8. The van der Waals surface area contributed by atoms with Crippen molar-refractivity contribution in [3.05, 3.63) is 82.9 Å². The summed E-state index contributed by atoms with van der Waals surface area (Å²) in [5.41, 5.74) is 0.808. The van der Waals surface area contributed by atoms with Crippen LogP contribution in [0.15, 0.2) is 60.7 Å². The van der Waals surface area contributed by atoms with Gasteiger partial charge in [-0.3, -0.25) is 9.59 Å². The first-order chi connectivity index (χ1) is 27.2. The molecule has 0 heterocycles. The number of carbonyl (C=O) groups is 2. The normalized spacial score (nSPS) is 11.1. The van der Waals surface area contributed by atoms with E-state index in [4.69, 9.17) is 18.9 Å². The largest absolute Gasteiger partial charge is 2.00 e. The fraction of sp³-hybridized carbons (Fsp3) is 0.316. The van der Waals surface area contributed by atoms with Crippen LogP contribution in [0.2, 0.25) is 0 Å². The third-order valence-corrected chi connectivity index (χ3v) is 9.66. The van der Waals surface area contributed by atoms with Crippen LogP contribution in [0.25, 0.3) is 0 Å². The number of phenols is 6. The number of benzene rings is 4. The Hall–Kier alpha value is -4.70. The summed E-state index contributed by atoms with van der Waals surface area (Å²) in [6, 6.07) is 13.9. The summed E-state index contributed by atoms with van der Waals surface area (Å²) in [7, 11) is -5.85. The van der Waals surface area contributed by atoms with Crippen LogP contribution < -0.4 is 18.9 Å². The molecule has 0 aliphatic carbocycles. The van der Waals surface area contributed by atoms with Crippen molar-refractivity contribution in [2.45, 2.75) is 38.5 Å². The van der Waals surface area contributed by atoms with Crippen molar-refractivity contribution in [1.29, 1.82) is 0 Å². The number of phenolic OH excluding ortho intramolecular Hbond substituents is 6. The van der Waals surface area contributed by atoms with Crippen molar-refractivity contribution in [1.82, 2.24) is 0 Å². The summed E-state index contributed by atoms with van der Waals surface area (Å²) in [6.45, 7) is -0.233. The Morgan fingerprint density at radius 3 is 1.14 bits per heavy atom. The molecule has 18 nitrogen and oxygen atoms in total. The van der Waals surface area contributed by atoms with Crippen LogP contribution >= 0.6 is 0 Å². The average Bonchev–Trinajstić information content (AvgIpc) is 3.12. The molecule has 0 aliphatic heterocycles. The maximum absolute atomic E-state index is 12.4. The summed E-state index contributed by atoms with van der Waals surface area (Å²) < 4.78 is 83.5. The fourth-order valence-electron chi connectivity index (χ4n) is 5.31. The number of hydrogen-bond donors (Lipinski definition) is 6. The molecule has 4 aromatic carbocycles. The van der Waals surface area contributed by atoms with Gasteiger partial charge in [0, 0.05) is 48.6 Å². The van der Waals surface area contributed by atoms with E-state index in [1.54, 1.807) is 24.3 Å². The molecule has 0 bridgehead atoms. The summed E-state index contributed by atoms with van der Waals surface area (Å²) in [5.74, 6) is -3.62.